The molecule has 1 heterocycles. The van der Waals surface area contributed by atoms with E-state index >= 15 is 0 Å². The van der Waals surface area contributed by atoms with Gasteiger partial charge < -0.3 is 10.2 Å². The zero-order valence-corrected chi connectivity index (χ0v) is 12.6. The van der Waals surface area contributed by atoms with Gasteiger partial charge in [-0.25, -0.2) is 4.39 Å². The van der Waals surface area contributed by atoms with Crippen LogP contribution in [0.3, 0.4) is 0 Å². The molecule has 1 aromatic carbocycles. The van der Waals surface area contributed by atoms with E-state index in [2.05, 4.69) is 5.32 Å². The zero-order chi connectivity index (χ0) is 15.6. The van der Waals surface area contributed by atoms with Crippen LogP contribution in [0.15, 0.2) is 12.1 Å². The van der Waals surface area contributed by atoms with Gasteiger partial charge in [-0.15, -0.1) is 0 Å². The molecule has 114 valence electrons. The van der Waals surface area contributed by atoms with Crippen molar-refractivity contribution < 1.29 is 14.1 Å². The Bertz CT molecular complexity index is 582. The lowest BCUT2D eigenvalue weighted by Gasteiger charge is -2.30. The molecule has 1 aromatic rings. The number of halogens is 1. The van der Waals surface area contributed by atoms with Crippen molar-refractivity contribution in [3.63, 3.8) is 0 Å². The number of anilines is 1. The monoisotopic (exact) mass is 313 g/mol. The van der Waals surface area contributed by atoms with Crippen LogP contribution in [0, 0.1) is 15.9 Å². The normalized spacial score (nSPS) is 18.4. The molecule has 1 N–H and O–H groups in total. The van der Waals surface area contributed by atoms with E-state index in [9.17, 15) is 19.3 Å². The molecule has 8 heteroatoms. The number of amides is 1. The Kier molecular flexibility index (Phi) is 4.66. The number of thioether (sulfide) groups is 1. The molecule has 6 nitrogen and oxygen atoms in total. The lowest BCUT2D eigenvalue weighted by molar-refractivity contribution is -0.385. The zero-order valence-electron chi connectivity index (χ0n) is 11.8. The maximum atomic E-state index is 13.7. The second kappa shape index (κ2) is 6.30. The van der Waals surface area contributed by atoms with Crippen LogP contribution < -0.4 is 5.32 Å². The van der Waals surface area contributed by atoms with Gasteiger partial charge in [-0.1, -0.05) is 6.92 Å². The SMILES string of the molecule is CNc1cc(C(=O)N2CCSC(C)C2)c([N+](=O)[O-])cc1F. The predicted octanol–water partition coefficient (Wildman–Crippen LogP) is 2.35. The first kappa shape index (κ1) is 15.6. The minimum Gasteiger partial charge on any atom is -0.386 e. The molecule has 1 fully saturated rings. The fraction of sp³-hybridized carbons (Fsp3) is 0.462. The topological polar surface area (TPSA) is 75.5 Å². The summed E-state index contributed by atoms with van der Waals surface area (Å²) < 4.78 is 13.7. The van der Waals surface area contributed by atoms with Crippen LogP contribution in [0.2, 0.25) is 0 Å². The molecule has 1 aliphatic rings. The first-order chi connectivity index (χ1) is 9.93. The number of nitro groups is 1. The molecule has 0 aliphatic carbocycles. The third-order valence-corrected chi connectivity index (χ3v) is 4.45. The summed E-state index contributed by atoms with van der Waals surface area (Å²) in [5.41, 5.74) is -0.504. The summed E-state index contributed by atoms with van der Waals surface area (Å²) in [5.74, 6) is -0.380. The van der Waals surface area contributed by atoms with Gasteiger partial charge in [-0.05, 0) is 6.07 Å². The lowest BCUT2D eigenvalue weighted by Crippen LogP contribution is -2.41. The summed E-state index contributed by atoms with van der Waals surface area (Å²) in [5, 5.41) is 13.9. The van der Waals surface area contributed by atoms with Crippen LogP contribution in [-0.2, 0) is 0 Å². The fourth-order valence-electron chi connectivity index (χ4n) is 2.25. The molecule has 0 spiro atoms. The van der Waals surface area contributed by atoms with Crippen molar-refractivity contribution in [3.8, 4) is 0 Å². The summed E-state index contributed by atoms with van der Waals surface area (Å²) in [6, 6.07) is 2.00. The van der Waals surface area contributed by atoms with Crippen LogP contribution in [0.4, 0.5) is 15.8 Å². The van der Waals surface area contributed by atoms with Crippen molar-refractivity contribution in [1.29, 1.82) is 0 Å². The van der Waals surface area contributed by atoms with Crippen LogP contribution in [0.1, 0.15) is 17.3 Å². The standard InChI is InChI=1S/C13H16FN3O3S/c1-8-7-16(3-4-21-8)13(18)9-5-11(15-2)10(14)6-12(9)17(19)20/h5-6,8,15H,3-4,7H2,1-2H3. The molecule has 21 heavy (non-hydrogen) atoms. The van der Waals surface area contributed by atoms with E-state index in [1.54, 1.807) is 16.7 Å². The Morgan fingerprint density at radius 3 is 2.86 bits per heavy atom. The van der Waals surface area contributed by atoms with E-state index in [-0.39, 0.29) is 16.5 Å². The quantitative estimate of drug-likeness (QED) is 0.685. The van der Waals surface area contributed by atoms with Gasteiger partial charge in [0.1, 0.15) is 5.56 Å². The van der Waals surface area contributed by atoms with E-state index in [1.165, 1.54) is 13.1 Å². The number of carbonyl (C=O) groups is 1. The van der Waals surface area contributed by atoms with E-state index in [4.69, 9.17) is 0 Å². The highest BCUT2D eigenvalue weighted by molar-refractivity contribution is 7.99. The van der Waals surface area contributed by atoms with Crippen molar-refractivity contribution in [3.05, 3.63) is 33.6 Å². The van der Waals surface area contributed by atoms with E-state index in [0.29, 0.717) is 13.1 Å². The van der Waals surface area contributed by atoms with Crippen LogP contribution >= 0.6 is 11.8 Å². The summed E-state index contributed by atoms with van der Waals surface area (Å²) in [7, 11) is 1.50. The van der Waals surface area contributed by atoms with Crippen molar-refractivity contribution in [1.82, 2.24) is 4.90 Å². The number of hydrogen-bond acceptors (Lipinski definition) is 5. The number of nitrogens with zero attached hydrogens (tertiary/aromatic N) is 2. The van der Waals surface area contributed by atoms with Gasteiger partial charge >= 0.3 is 0 Å². The molecule has 0 aromatic heterocycles. The lowest BCUT2D eigenvalue weighted by atomic mass is 10.1. The number of benzene rings is 1. The highest BCUT2D eigenvalue weighted by Crippen LogP contribution is 2.28. The smallest absolute Gasteiger partial charge is 0.285 e. The Labute approximate surface area is 125 Å². The van der Waals surface area contributed by atoms with Gasteiger partial charge in [0.2, 0.25) is 0 Å². The number of nitro benzene ring substituents is 1. The van der Waals surface area contributed by atoms with Crippen molar-refractivity contribution in [2.75, 3.05) is 31.2 Å². The van der Waals surface area contributed by atoms with E-state index in [0.717, 1.165) is 11.8 Å². The molecule has 1 amide bonds. The largest absolute Gasteiger partial charge is 0.386 e. The summed E-state index contributed by atoms with van der Waals surface area (Å²) in [6.45, 7) is 3.08. The summed E-state index contributed by atoms with van der Waals surface area (Å²) >= 11 is 1.75. The average molecular weight is 313 g/mol. The van der Waals surface area contributed by atoms with Crippen molar-refractivity contribution >= 4 is 29.0 Å². The Balaban J connectivity index is 2.40. The maximum Gasteiger partial charge on any atom is 0.285 e. The van der Waals surface area contributed by atoms with Gasteiger partial charge in [-0.2, -0.15) is 11.8 Å². The molecular weight excluding hydrogens is 297 g/mol. The van der Waals surface area contributed by atoms with Crippen LogP contribution in [0.25, 0.3) is 0 Å². The third-order valence-electron chi connectivity index (χ3n) is 3.31. The number of nitrogens with one attached hydrogen (secondary N) is 1. The van der Waals surface area contributed by atoms with Gasteiger partial charge in [0.05, 0.1) is 16.7 Å². The number of carbonyl (C=O) groups excluding carboxylic acids is 1. The number of hydrogen-bond donors (Lipinski definition) is 1. The molecule has 1 saturated heterocycles. The second-order valence-electron chi connectivity index (χ2n) is 4.79. The highest BCUT2D eigenvalue weighted by Gasteiger charge is 2.29. The minimum absolute atomic E-state index is 0.0726. The highest BCUT2D eigenvalue weighted by atomic mass is 32.2. The Hall–Kier alpha value is -1.83. The summed E-state index contributed by atoms with van der Waals surface area (Å²) in [6.07, 6.45) is 0. The first-order valence-corrected chi connectivity index (χ1v) is 7.55. The Morgan fingerprint density at radius 1 is 1.57 bits per heavy atom. The van der Waals surface area contributed by atoms with Crippen molar-refractivity contribution in [2.24, 2.45) is 0 Å². The molecule has 0 radical (unpaired) electrons. The molecule has 2 rings (SSSR count). The minimum atomic E-state index is -0.747. The molecule has 1 aliphatic heterocycles. The average Bonchev–Trinajstić information content (AvgIpc) is 2.46. The molecule has 0 bridgehead atoms. The van der Waals surface area contributed by atoms with Gasteiger partial charge in [0, 0.05) is 31.1 Å². The first-order valence-electron chi connectivity index (χ1n) is 6.50. The predicted molar refractivity (Wildman–Crippen MR) is 80.4 cm³/mol. The third kappa shape index (κ3) is 3.26. The van der Waals surface area contributed by atoms with Crippen LogP contribution in [-0.4, -0.2) is 46.9 Å². The van der Waals surface area contributed by atoms with Crippen LogP contribution in [0.5, 0.6) is 0 Å². The molecule has 1 atom stereocenters. The molecule has 0 saturated carbocycles. The molecule has 1 unspecified atom stereocenters. The van der Waals surface area contributed by atoms with Crippen molar-refractivity contribution in [2.45, 2.75) is 12.2 Å². The maximum absolute atomic E-state index is 13.7. The van der Waals surface area contributed by atoms with Gasteiger partial charge in [-0.3, -0.25) is 14.9 Å². The second-order valence-corrected chi connectivity index (χ2v) is 6.34. The van der Waals surface area contributed by atoms with Gasteiger partial charge in [0.15, 0.2) is 5.82 Å². The fourth-order valence-corrected chi connectivity index (χ4v) is 3.26. The Morgan fingerprint density at radius 2 is 2.29 bits per heavy atom. The van der Waals surface area contributed by atoms with Gasteiger partial charge in [0.25, 0.3) is 11.6 Å². The summed E-state index contributed by atoms with van der Waals surface area (Å²) in [4.78, 5) is 24.4. The molecular formula is C13H16FN3O3S. The van der Waals surface area contributed by atoms with E-state index in [1.807, 2.05) is 6.92 Å². The van der Waals surface area contributed by atoms with E-state index < -0.39 is 22.3 Å². The number of rotatable bonds is 3.